The molecule has 5 nitrogen and oxygen atoms in total. The number of nitrogens with one attached hydrogen (secondary N) is 1. The molecular weight excluding hydrogens is 258 g/mol. The molecule has 0 aliphatic heterocycles. The van der Waals surface area contributed by atoms with E-state index >= 15 is 0 Å². The summed E-state index contributed by atoms with van der Waals surface area (Å²) in [4.78, 5) is 12.0. The molecule has 0 saturated carbocycles. The first kappa shape index (κ1) is 13.5. The van der Waals surface area contributed by atoms with Crippen LogP contribution in [0.1, 0.15) is 15.9 Å². The van der Waals surface area contributed by atoms with Gasteiger partial charge in [0.2, 0.25) is 0 Å². The van der Waals surface area contributed by atoms with Crippen molar-refractivity contribution in [2.24, 2.45) is 0 Å². The zero-order chi connectivity index (χ0) is 14.7. The fourth-order valence-corrected chi connectivity index (χ4v) is 1.70. The number of amides is 1. The normalized spacial score (nSPS) is 10.0. The monoisotopic (exact) mass is 271 g/mol. The highest BCUT2D eigenvalue weighted by Gasteiger charge is 2.12. The van der Waals surface area contributed by atoms with Gasteiger partial charge in [0.15, 0.2) is 11.5 Å². The van der Waals surface area contributed by atoms with Crippen molar-refractivity contribution in [2.45, 2.75) is 0 Å². The highest BCUT2D eigenvalue weighted by atomic mass is 16.3. The molecule has 0 saturated heterocycles. The Hall–Kier alpha value is -2.95. The second kappa shape index (κ2) is 5.36. The maximum Gasteiger partial charge on any atom is 0.255 e. The van der Waals surface area contributed by atoms with Crippen LogP contribution in [-0.2, 0) is 0 Å². The van der Waals surface area contributed by atoms with Gasteiger partial charge in [-0.2, -0.15) is 0 Å². The first-order chi connectivity index (χ1) is 9.49. The summed E-state index contributed by atoms with van der Waals surface area (Å²) < 4.78 is 0. The van der Waals surface area contributed by atoms with E-state index in [0.717, 1.165) is 6.07 Å². The molecule has 0 spiro atoms. The summed E-state index contributed by atoms with van der Waals surface area (Å²) in [6.07, 6.45) is 0. The van der Waals surface area contributed by atoms with Gasteiger partial charge in [-0.15, -0.1) is 0 Å². The Morgan fingerprint density at radius 2 is 1.75 bits per heavy atom. The molecule has 4 N–H and O–H groups in total. The van der Waals surface area contributed by atoms with Gasteiger partial charge >= 0.3 is 0 Å². The predicted octanol–water partition coefficient (Wildman–Crippen LogP) is 2.88. The number of rotatable bonds is 3. The van der Waals surface area contributed by atoms with Crippen LogP contribution in [0, 0.1) is 0 Å². The molecule has 5 heteroatoms. The van der Waals surface area contributed by atoms with Crippen molar-refractivity contribution in [3.8, 4) is 11.5 Å². The van der Waals surface area contributed by atoms with E-state index in [4.69, 9.17) is 0 Å². The quantitative estimate of drug-likeness (QED) is 0.510. The number of hydrogen-bond acceptors (Lipinski definition) is 4. The van der Waals surface area contributed by atoms with Crippen molar-refractivity contribution in [2.75, 3.05) is 5.32 Å². The van der Waals surface area contributed by atoms with E-state index in [1.165, 1.54) is 12.1 Å². The van der Waals surface area contributed by atoms with Crippen molar-refractivity contribution < 1.29 is 20.1 Å². The standard InChI is InChI=1S/C15H13NO4/c1-9(17)11-4-2-3-5-12(11)16-15(20)10-6-7-13(18)14(19)8-10/h2-8,17-19H,1H2,(H,16,20). The number of benzene rings is 2. The van der Waals surface area contributed by atoms with Gasteiger partial charge in [0.05, 0.1) is 5.69 Å². The van der Waals surface area contributed by atoms with Crippen LogP contribution in [-0.4, -0.2) is 21.2 Å². The zero-order valence-electron chi connectivity index (χ0n) is 10.5. The van der Waals surface area contributed by atoms with E-state index in [0.29, 0.717) is 11.3 Å². The molecule has 0 unspecified atom stereocenters. The van der Waals surface area contributed by atoms with Gasteiger partial charge in [0, 0.05) is 11.1 Å². The maximum absolute atomic E-state index is 12.0. The molecular formula is C15H13NO4. The van der Waals surface area contributed by atoms with E-state index in [1.54, 1.807) is 24.3 Å². The van der Waals surface area contributed by atoms with Gasteiger partial charge in [-0.1, -0.05) is 18.7 Å². The number of para-hydroxylation sites is 1. The lowest BCUT2D eigenvalue weighted by atomic mass is 10.1. The zero-order valence-corrected chi connectivity index (χ0v) is 10.5. The number of aliphatic hydroxyl groups is 1. The van der Waals surface area contributed by atoms with E-state index in [9.17, 15) is 20.1 Å². The summed E-state index contributed by atoms with van der Waals surface area (Å²) in [6, 6.07) is 10.4. The van der Waals surface area contributed by atoms with Crippen LogP contribution in [0.5, 0.6) is 11.5 Å². The van der Waals surface area contributed by atoms with Crippen LogP contribution >= 0.6 is 0 Å². The summed E-state index contributed by atoms with van der Waals surface area (Å²) in [5.74, 6) is -1.31. The van der Waals surface area contributed by atoms with Crippen molar-refractivity contribution >= 4 is 17.4 Å². The van der Waals surface area contributed by atoms with Crippen molar-refractivity contribution in [3.63, 3.8) is 0 Å². The van der Waals surface area contributed by atoms with Crippen LogP contribution in [0.15, 0.2) is 49.0 Å². The van der Waals surface area contributed by atoms with E-state index in [2.05, 4.69) is 11.9 Å². The molecule has 20 heavy (non-hydrogen) atoms. The van der Waals surface area contributed by atoms with Crippen LogP contribution in [0.25, 0.3) is 5.76 Å². The lowest BCUT2D eigenvalue weighted by molar-refractivity contribution is 0.102. The smallest absolute Gasteiger partial charge is 0.255 e. The summed E-state index contributed by atoms with van der Waals surface area (Å²) in [7, 11) is 0. The first-order valence-electron chi connectivity index (χ1n) is 5.79. The minimum Gasteiger partial charge on any atom is -0.508 e. The van der Waals surface area contributed by atoms with Gasteiger partial charge in [-0.3, -0.25) is 4.79 Å². The molecule has 1 amide bonds. The molecule has 0 heterocycles. The minimum absolute atomic E-state index is 0.158. The SMILES string of the molecule is C=C(O)c1ccccc1NC(=O)c1ccc(O)c(O)c1. The van der Waals surface area contributed by atoms with Crippen LogP contribution < -0.4 is 5.32 Å². The molecule has 0 bridgehead atoms. The van der Waals surface area contributed by atoms with Crippen molar-refractivity contribution in [1.82, 2.24) is 0 Å². The summed E-state index contributed by atoms with van der Waals surface area (Å²) in [6.45, 7) is 3.42. The van der Waals surface area contributed by atoms with E-state index in [-0.39, 0.29) is 22.8 Å². The molecule has 0 aromatic heterocycles. The number of phenolic OH excluding ortho intramolecular Hbond substituents is 2. The van der Waals surface area contributed by atoms with E-state index < -0.39 is 5.91 Å². The predicted molar refractivity (Wildman–Crippen MR) is 75.8 cm³/mol. The lowest BCUT2D eigenvalue weighted by Crippen LogP contribution is -2.13. The third-order valence-corrected chi connectivity index (χ3v) is 2.72. The number of carbonyl (C=O) groups is 1. The van der Waals surface area contributed by atoms with Crippen LogP contribution in [0.4, 0.5) is 5.69 Å². The van der Waals surface area contributed by atoms with Crippen LogP contribution in [0.3, 0.4) is 0 Å². The molecule has 102 valence electrons. The number of anilines is 1. The van der Waals surface area contributed by atoms with Crippen LogP contribution in [0.2, 0.25) is 0 Å². The molecule has 0 fully saturated rings. The Labute approximate surface area is 115 Å². The second-order valence-corrected chi connectivity index (χ2v) is 4.15. The fraction of sp³-hybridized carbons (Fsp3) is 0. The molecule has 0 atom stereocenters. The van der Waals surface area contributed by atoms with E-state index in [1.807, 2.05) is 0 Å². The Bertz CT molecular complexity index is 679. The number of hydrogen-bond donors (Lipinski definition) is 4. The molecule has 0 radical (unpaired) electrons. The highest BCUT2D eigenvalue weighted by Crippen LogP contribution is 2.26. The molecule has 0 aliphatic carbocycles. The topological polar surface area (TPSA) is 89.8 Å². The molecule has 2 aromatic carbocycles. The largest absolute Gasteiger partial charge is 0.508 e. The summed E-state index contributed by atoms with van der Waals surface area (Å²) in [5, 5.41) is 30.6. The molecule has 2 rings (SSSR count). The number of carbonyl (C=O) groups excluding carboxylic acids is 1. The number of aliphatic hydroxyl groups excluding tert-OH is 1. The summed E-state index contributed by atoms with van der Waals surface area (Å²) in [5.41, 5.74) is 0.986. The summed E-state index contributed by atoms with van der Waals surface area (Å²) >= 11 is 0. The minimum atomic E-state index is -0.478. The maximum atomic E-state index is 12.0. The third kappa shape index (κ3) is 2.72. The highest BCUT2D eigenvalue weighted by molar-refractivity contribution is 6.05. The average molecular weight is 271 g/mol. The van der Waals surface area contributed by atoms with Gasteiger partial charge in [0.25, 0.3) is 5.91 Å². The Morgan fingerprint density at radius 3 is 2.40 bits per heavy atom. The van der Waals surface area contributed by atoms with Gasteiger partial charge in [0.1, 0.15) is 5.76 Å². The van der Waals surface area contributed by atoms with Gasteiger partial charge in [-0.05, 0) is 30.3 Å². The lowest BCUT2D eigenvalue weighted by Gasteiger charge is -2.10. The Morgan fingerprint density at radius 1 is 1.05 bits per heavy atom. The van der Waals surface area contributed by atoms with Crippen molar-refractivity contribution in [1.29, 1.82) is 0 Å². The molecule has 2 aromatic rings. The van der Waals surface area contributed by atoms with Crippen molar-refractivity contribution in [3.05, 3.63) is 60.2 Å². The Kier molecular flexibility index (Phi) is 3.61. The van der Waals surface area contributed by atoms with Gasteiger partial charge in [-0.25, -0.2) is 0 Å². The second-order valence-electron chi connectivity index (χ2n) is 4.15. The number of aromatic hydroxyl groups is 2. The first-order valence-corrected chi connectivity index (χ1v) is 5.79. The number of phenols is 2. The Balaban J connectivity index is 2.28. The average Bonchev–Trinajstić information content (AvgIpc) is 2.42. The van der Waals surface area contributed by atoms with Gasteiger partial charge < -0.3 is 20.6 Å². The fourth-order valence-electron chi connectivity index (χ4n) is 1.70. The third-order valence-electron chi connectivity index (χ3n) is 2.72. The molecule has 0 aliphatic rings.